The van der Waals surface area contributed by atoms with Crippen molar-refractivity contribution in [1.82, 2.24) is 0 Å². The molecule has 0 unspecified atom stereocenters. The van der Waals surface area contributed by atoms with E-state index in [0.29, 0.717) is 22.7 Å². The predicted molar refractivity (Wildman–Crippen MR) is 114 cm³/mol. The summed E-state index contributed by atoms with van der Waals surface area (Å²) in [6.45, 7) is 2.04. The summed E-state index contributed by atoms with van der Waals surface area (Å²) >= 11 is 0. The number of amides is 1. The fourth-order valence-corrected chi connectivity index (χ4v) is 4.39. The molecular formula is C22H22N2O4S. The van der Waals surface area contributed by atoms with Crippen molar-refractivity contribution < 1.29 is 17.9 Å². The Morgan fingerprint density at radius 1 is 0.966 bits per heavy atom. The quantitative estimate of drug-likeness (QED) is 0.635. The van der Waals surface area contributed by atoms with Gasteiger partial charge in [0.1, 0.15) is 5.75 Å². The first-order valence-corrected chi connectivity index (χ1v) is 10.5. The number of ether oxygens (including phenoxy) is 1. The van der Waals surface area contributed by atoms with E-state index in [1.54, 1.807) is 92.9 Å². The third-order valence-corrected chi connectivity index (χ3v) is 6.28. The van der Waals surface area contributed by atoms with Gasteiger partial charge in [0.2, 0.25) is 0 Å². The fourth-order valence-electron chi connectivity index (χ4n) is 2.89. The zero-order valence-electron chi connectivity index (χ0n) is 16.2. The lowest BCUT2D eigenvalue weighted by atomic mass is 10.2. The molecular weight excluding hydrogens is 388 g/mol. The number of hydrogen-bond donors (Lipinski definition) is 1. The molecule has 150 valence electrons. The van der Waals surface area contributed by atoms with Crippen LogP contribution in [0.5, 0.6) is 5.75 Å². The lowest BCUT2D eigenvalue weighted by Gasteiger charge is -2.23. The van der Waals surface area contributed by atoms with Crippen molar-refractivity contribution in [3.05, 3.63) is 84.4 Å². The van der Waals surface area contributed by atoms with Crippen LogP contribution in [-0.4, -0.2) is 28.0 Å². The zero-order valence-corrected chi connectivity index (χ0v) is 17.0. The Morgan fingerprint density at radius 3 is 2.28 bits per heavy atom. The second-order valence-electron chi connectivity index (χ2n) is 6.22. The minimum atomic E-state index is -3.67. The third kappa shape index (κ3) is 4.57. The Labute approximate surface area is 170 Å². The Kier molecular flexibility index (Phi) is 6.19. The molecule has 0 saturated carbocycles. The van der Waals surface area contributed by atoms with Crippen molar-refractivity contribution in [3.63, 3.8) is 0 Å². The number of nitrogens with zero attached hydrogens (tertiary/aromatic N) is 1. The van der Waals surface area contributed by atoms with Crippen LogP contribution in [0.25, 0.3) is 0 Å². The highest BCUT2D eigenvalue weighted by molar-refractivity contribution is 7.92. The number of rotatable bonds is 7. The Balaban J connectivity index is 1.80. The van der Waals surface area contributed by atoms with Gasteiger partial charge < -0.3 is 10.1 Å². The van der Waals surface area contributed by atoms with Crippen molar-refractivity contribution in [3.8, 4) is 5.75 Å². The van der Waals surface area contributed by atoms with Crippen molar-refractivity contribution in [2.75, 3.05) is 23.3 Å². The molecule has 0 aliphatic heterocycles. The smallest absolute Gasteiger partial charge is 0.264 e. The molecule has 0 aliphatic carbocycles. The number of carbonyl (C=O) groups excluding carboxylic acids is 1. The van der Waals surface area contributed by atoms with Gasteiger partial charge in [0.05, 0.1) is 17.7 Å². The maximum Gasteiger partial charge on any atom is 0.264 e. The van der Waals surface area contributed by atoms with Gasteiger partial charge in [-0.15, -0.1) is 0 Å². The Morgan fingerprint density at radius 2 is 1.66 bits per heavy atom. The monoisotopic (exact) mass is 410 g/mol. The van der Waals surface area contributed by atoms with Crippen molar-refractivity contribution >= 4 is 27.3 Å². The zero-order chi connectivity index (χ0) is 20.9. The summed E-state index contributed by atoms with van der Waals surface area (Å²) in [4.78, 5) is 12.7. The molecule has 0 heterocycles. The molecule has 0 saturated heterocycles. The minimum absolute atomic E-state index is 0.224. The van der Waals surface area contributed by atoms with Crippen LogP contribution in [0.15, 0.2) is 83.8 Å². The van der Waals surface area contributed by atoms with Crippen LogP contribution in [0.2, 0.25) is 0 Å². The normalized spacial score (nSPS) is 11.0. The maximum absolute atomic E-state index is 12.9. The molecule has 0 spiro atoms. The van der Waals surface area contributed by atoms with Gasteiger partial charge in [0, 0.05) is 23.9 Å². The molecule has 3 rings (SSSR count). The number of carbonyl (C=O) groups is 1. The molecule has 0 aromatic heterocycles. The van der Waals surface area contributed by atoms with E-state index in [2.05, 4.69) is 5.32 Å². The summed E-state index contributed by atoms with van der Waals surface area (Å²) in [5.41, 5.74) is 1.53. The van der Waals surface area contributed by atoms with Gasteiger partial charge in [-0.1, -0.05) is 24.3 Å². The van der Waals surface area contributed by atoms with Gasteiger partial charge in [-0.25, -0.2) is 8.42 Å². The molecule has 0 radical (unpaired) electrons. The summed E-state index contributed by atoms with van der Waals surface area (Å²) in [6, 6.07) is 21.8. The summed E-state index contributed by atoms with van der Waals surface area (Å²) in [6.07, 6.45) is 0. The third-order valence-electron chi connectivity index (χ3n) is 4.36. The number of hydrogen-bond acceptors (Lipinski definition) is 4. The highest BCUT2D eigenvalue weighted by Crippen LogP contribution is 2.24. The van der Waals surface area contributed by atoms with Gasteiger partial charge in [-0.3, -0.25) is 9.10 Å². The van der Waals surface area contributed by atoms with E-state index < -0.39 is 10.0 Å². The number of nitrogens with one attached hydrogen (secondary N) is 1. The van der Waals surface area contributed by atoms with Crippen LogP contribution in [0, 0.1) is 0 Å². The molecule has 7 heteroatoms. The average Bonchev–Trinajstić information content (AvgIpc) is 2.75. The van der Waals surface area contributed by atoms with Gasteiger partial charge in [-0.05, 0) is 55.5 Å². The largest absolute Gasteiger partial charge is 0.497 e. The lowest BCUT2D eigenvalue weighted by Crippen LogP contribution is -2.30. The molecule has 6 nitrogen and oxygen atoms in total. The second-order valence-corrected chi connectivity index (χ2v) is 8.08. The van der Waals surface area contributed by atoms with E-state index in [1.807, 2.05) is 0 Å². The Bertz CT molecular complexity index is 1080. The molecule has 0 atom stereocenters. The predicted octanol–water partition coefficient (Wildman–Crippen LogP) is 4.16. The average molecular weight is 410 g/mol. The number of sulfonamides is 1. The molecule has 0 aliphatic rings. The van der Waals surface area contributed by atoms with Gasteiger partial charge >= 0.3 is 0 Å². The summed E-state index contributed by atoms with van der Waals surface area (Å²) in [5, 5.41) is 2.80. The van der Waals surface area contributed by atoms with E-state index in [-0.39, 0.29) is 17.3 Å². The van der Waals surface area contributed by atoms with Gasteiger partial charge in [0.15, 0.2) is 0 Å². The lowest BCUT2D eigenvalue weighted by molar-refractivity contribution is 0.102. The molecule has 3 aromatic carbocycles. The van der Waals surface area contributed by atoms with E-state index >= 15 is 0 Å². The molecule has 29 heavy (non-hydrogen) atoms. The van der Waals surface area contributed by atoms with Crippen LogP contribution >= 0.6 is 0 Å². The van der Waals surface area contributed by atoms with E-state index in [4.69, 9.17) is 4.74 Å². The van der Waals surface area contributed by atoms with Crippen molar-refractivity contribution in [1.29, 1.82) is 0 Å². The molecule has 0 bridgehead atoms. The van der Waals surface area contributed by atoms with Crippen LogP contribution in [0.3, 0.4) is 0 Å². The topological polar surface area (TPSA) is 75.7 Å². The molecule has 1 amide bonds. The minimum Gasteiger partial charge on any atom is -0.497 e. The molecule has 3 aromatic rings. The van der Waals surface area contributed by atoms with Crippen LogP contribution < -0.4 is 14.4 Å². The molecule has 0 fully saturated rings. The highest BCUT2D eigenvalue weighted by atomic mass is 32.2. The second kappa shape index (κ2) is 8.79. The molecule has 1 N–H and O–H groups in total. The van der Waals surface area contributed by atoms with Crippen molar-refractivity contribution in [2.45, 2.75) is 11.8 Å². The van der Waals surface area contributed by atoms with Gasteiger partial charge in [0.25, 0.3) is 15.9 Å². The standard InChI is InChI=1S/C22H22N2O4S/c1-3-24(29(26,27)21-10-5-4-6-11-21)19-14-12-17(13-15-19)22(25)23-18-8-7-9-20(16-18)28-2/h4-16H,3H2,1-2H3,(H,23,25). The van der Waals surface area contributed by atoms with E-state index in [9.17, 15) is 13.2 Å². The SMILES string of the molecule is CCN(c1ccc(C(=O)Nc2cccc(OC)c2)cc1)S(=O)(=O)c1ccccc1. The number of benzene rings is 3. The van der Waals surface area contributed by atoms with E-state index in [0.717, 1.165) is 0 Å². The maximum atomic E-state index is 12.9. The van der Waals surface area contributed by atoms with Crippen LogP contribution in [-0.2, 0) is 10.0 Å². The fraction of sp³-hybridized carbons (Fsp3) is 0.136. The van der Waals surface area contributed by atoms with Crippen LogP contribution in [0.4, 0.5) is 11.4 Å². The van der Waals surface area contributed by atoms with E-state index in [1.165, 1.54) is 4.31 Å². The first-order chi connectivity index (χ1) is 14.0. The Hall–Kier alpha value is -3.32. The van der Waals surface area contributed by atoms with Crippen molar-refractivity contribution in [2.24, 2.45) is 0 Å². The van der Waals surface area contributed by atoms with Crippen LogP contribution in [0.1, 0.15) is 17.3 Å². The first-order valence-electron chi connectivity index (χ1n) is 9.09. The highest BCUT2D eigenvalue weighted by Gasteiger charge is 2.23. The number of methoxy groups -OCH3 is 1. The first kappa shape index (κ1) is 20.4. The van der Waals surface area contributed by atoms with Gasteiger partial charge in [-0.2, -0.15) is 0 Å². The summed E-state index contributed by atoms with van der Waals surface area (Å²) < 4.78 is 32.3. The number of anilines is 2. The summed E-state index contributed by atoms with van der Waals surface area (Å²) in [7, 11) is -2.12. The summed E-state index contributed by atoms with van der Waals surface area (Å²) in [5.74, 6) is 0.349.